The second kappa shape index (κ2) is 15.6. The van der Waals surface area contributed by atoms with Crippen LogP contribution in [0.25, 0.3) is 0 Å². The number of benzene rings is 3. The third kappa shape index (κ3) is 8.96. The fourth-order valence-corrected chi connectivity index (χ4v) is 5.21. The highest BCUT2D eigenvalue weighted by Gasteiger charge is 2.23. The van der Waals surface area contributed by atoms with Crippen LogP contribution in [0.5, 0.6) is 5.75 Å². The summed E-state index contributed by atoms with van der Waals surface area (Å²) in [5.74, 6) is 0.716. The van der Waals surface area contributed by atoms with Gasteiger partial charge in [-0.2, -0.15) is 5.26 Å². The second-order valence-electron chi connectivity index (χ2n) is 10.7. The van der Waals surface area contributed by atoms with Gasteiger partial charge in [-0.15, -0.1) is 0 Å². The molecule has 0 bridgehead atoms. The Balaban J connectivity index is 1.48. The molecule has 0 spiro atoms. The zero-order valence-electron chi connectivity index (χ0n) is 24.8. The van der Waals surface area contributed by atoms with Crippen molar-refractivity contribution in [1.82, 2.24) is 19.8 Å². The van der Waals surface area contributed by atoms with Gasteiger partial charge in [-0.05, 0) is 71.7 Å². The summed E-state index contributed by atoms with van der Waals surface area (Å²) in [6.45, 7) is 5.48. The molecule has 1 atom stereocenters. The molecule has 1 aromatic heterocycles. The van der Waals surface area contributed by atoms with Gasteiger partial charge in [0.1, 0.15) is 5.75 Å². The van der Waals surface area contributed by atoms with Gasteiger partial charge in [0.25, 0.3) is 0 Å². The van der Waals surface area contributed by atoms with Gasteiger partial charge in [0, 0.05) is 43.3 Å². The minimum Gasteiger partial charge on any atom is -0.497 e. The van der Waals surface area contributed by atoms with Crippen molar-refractivity contribution >= 4 is 52.1 Å². The summed E-state index contributed by atoms with van der Waals surface area (Å²) in [5, 5.41) is 17.0. The van der Waals surface area contributed by atoms with E-state index in [2.05, 4.69) is 35.5 Å². The van der Waals surface area contributed by atoms with Gasteiger partial charge >= 0.3 is 0 Å². The summed E-state index contributed by atoms with van der Waals surface area (Å²) >= 11 is 18.7. The number of carbonyl (C=O) groups is 1. The topological polar surface area (TPSA) is 95.2 Å². The number of aromatic nitrogens is 2. The lowest BCUT2D eigenvalue weighted by atomic mass is 10.0. The quantitative estimate of drug-likeness (QED) is 0.165. The Kier molecular flexibility index (Phi) is 11.6. The predicted octanol–water partition coefficient (Wildman–Crippen LogP) is 6.70. The number of carbonyl (C=O) groups excluding carboxylic acids is 1. The number of nitrogens with one attached hydrogen (secondary N) is 2. The summed E-state index contributed by atoms with van der Waals surface area (Å²) in [4.78, 5) is 19.6. The third-order valence-corrected chi connectivity index (χ3v) is 8.38. The van der Waals surface area contributed by atoms with E-state index in [1.54, 1.807) is 37.8 Å². The molecular formula is C33H34Cl2N6O2S. The number of halogens is 2. The highest BCUT2D eigenvalue weighted by atomic mass is 35.5. The first-order valence-electron chi connectivity index (χ1n) is 14.1. The van der Waals surface area contributed by atoms with Crippen LogP contribution in [-0.2, 0) is 24.3 Å². The molecule has 0 fully saturated rings. The van der Waals surface area contributed by atoms with E-state index in [-0.39, 0.29) is 24.3 Å². The molecule has 44 heavy (non-hydrogen) atoms. The van der Waals surface area contributed by atoms with E-state index in [0.717, 1.165) is 28.3 Å². The zero-order valence-corrected chi connectivity index (χ0v) is 27.1. The van der Waals surface area contributed by atoms with Crippen molar-refractivity contribution in [2.75, 3.05) is 19.0 Å². The maximum atomic E-state index is 13.4. The van der Waals surface area contributed by atoms with Gasteiger partial charge in [-0.25, -0.2) is 4.98 Å². The number of imidazole rings is 1. The van der Waals surface area contributed by atoms with Crippen molar-refractivity contribution in [1.29, 1.82) is 5.26 Å². The van der Waals surface area contributed by atoms with Crippen LogP contribution >= 0.6 is 35.4 Å². The van der Waals surface area contributed by atoms with Crippen molar-refractivity contribution in [3.8, 4) is 11.8 Å². The third-order valence-electron chi connectivity index (χ3n) is 7.17. The van der Waals surface area contributed by atoms with E-state index in [0.29, 0.717) is 40.4 Å². The average molecular weight is 650 g/mol. The SMILES string of the molecule is COc1ccc(NC(=S)N(Cc2cccc(Cl)c2Cl)C[C@@H](NC(=O)Cc2cncn2Cc2ccc(C#N)cc2)C(C)C)cc1. The molecule has 1 amide bonds. The minimum atomic E-state index is -0.231. The molecule has 3 aromatic carbocycles. The molecule has 0 radical (unpaired) electrons. The normalized spacial score (nSPS) is 11.5. The lowest BCUT2D eigenvalue weighted by molar-refractivity contribution is -0.121. The Bertz CT molecular complexity index is 1620. The fourth-order valence-electron chi connectivity index (χ4n) is 4.57. The first-order chi connectivity index (χ1) is 21.2. The fraction of sp³-hybridized carbons (Fsp3) is 0.273. The highest BCUT2D eigenvalue weighted by Crippen LogP contribution is 2.27. The summed E-state index contributed by atoms with van der Waals surface area (Å²) < 4.78 is 7.21. The van der Waals surface area contributed by atoms with Crippen LogP contribution in [-0.4, -0.2) is 45.2 Å². The molecule has 0 saturated heterocycles. The average Bonchev–Trinajstić information content (AvgIpc) is 3.44. The van der Waals surface area contributed by atoms with Crippen molar-refractivity contribution in [2.45, 2.75) is 39.4 Å². The molecule has 0 unspecified atom stereocenters. The molecule has 228 valence electrons. The van der Waals surface area contributed by atoms with Crippen molar-refractivity contribution in [2.24, 2.45) is 5.92 Å². The Labute approximate surface area is 273 Å². The Hall–Kier alpha value is -4.10. The summed E-state index contributed by atoms with van der Waals surface area (Å²) in [5.41, 5.74) is 4.02. The number of rotatable bonds is 12. The summed E-state index contributed by atoms with van der Waals surface area (Å²) in [6.07, 6.45) is 3.57. The lowest BCUT2D eigenvalue weighted by Gasteiger charge is -2.33. The number of methoxy groups -OCH3 is 1. The standard InChI is InChI=1S/C33H34Cl2N6O2S/c1-22(2)30(39-31(42)15-27-17-37-21-41(27)18-24-9-7-23(16-36)8-10-24)20-40(19-25-5-4-6-29(34)32(25)35)33(44)38-26-11-13-28(43-3)14-12-26/h4-14,17,21-22,30H,15,18-20H2,1-3H3,(H,38,44)(H,39,42)/t30-/m1/s1. The number of anilines is 1. The first kappa shape index (κ1) is 32.8. The minimum absolute atomic E-state index is 0.101. The maximum Gasteiger partial charge on any atom is 0.226 e. The molecule has 0 aliphatic heterocycles. The van der Waals surface area contributed by atoms with Gasteiger partial charge < -0.3 is 24.8 Å². The molecule has 1 heterocycles. The molecule has 2 N–H and O–H groups in total. The van der Waals surface area contributed by atoms with Crippen LogP contribution in [0.1, 0.15) is 36.2 Å². The Morgan fingerprint density at radius 2 is 1.84 bits per heavy atom. The molecule has 0 aliphatic carbocycles. The van der Waals surface area contributed by atoms with Gasteiger partial charge in [-0.3, -0.25) is 4.79 Å². The Morgan fingerprint density at radius 1 is 1.11 bits per heavy atom. The van der Waals surface area contributed by atoms with Crippen molar-refractivity contribution < 1.29 is 9.53 Å². The maximum absolute atomic E-state index is 13.4. The van der Waals surface area contributed by atoms with Gasteiger partial charge in [-0.1, -0.05) is 61.3 Å². The number of nitriles is 1. The van der Waals surface area contributed by atoms with Crippen LogP contribution < -0.4 is 15.4 Å². The van der Waals surface area contributed by atoms with E-state index in [4.69, 9.17) is 45.4 Å². The highest BCUT2D eigenvalue weighted by molar-refractivity contribution is 7.80. The van der Waals surface area contributed by atoms with Gasteiger partial charge in [0.15, 0.2) is 5.11 Å². The molecule has 0 aliphatic rings. The monoisotopic (exact) mass is 648 g/mol. The van der Waals surface area contributed by atoms with Crippen LogP contribution in [0.3, 0.4) is 0 Å². The van der Waals surface area contributed by atoms with E-state index in [1.165, 1.54) is 0 Å². The van der Waals surface area contributed by atoms with E-state index < -0.39 is 0 Å². The molecular weight excluding hydrogens is 615 g/mol. The molecule has 8 nitrogen and oxygen atoms in total. The predicted molar refractivity (Wildman–Crippen MR) is 179 cm³/mol. The largest absolute Gasteiger partial charge is 0.497 e. The van der Waals surface area contributed by atoms with Crippen LogP contribution in [0, 0.1) is 17.2 Å². The summed E-state index contributed by atoms with van der Waals surface area (Å²) in [6, 6.07) is 22.3. The number of amides is 1. The Morgan fingerprint density at radius 3 is 2.50 bits per heavy atom. The number of hydrogen-bond acceptors (Lipinski definition) is 5. The van der Waals surface area contributed by atoms with Crippen molar-refractivity contribution in [3.63, 3.8) is 0 Å². The van der Waals surface area contributed by atoms with E-state index >= 15 is 0 Å². The van der Waals surface area contributed by atoms with Crippen LogP contribution in [0.15, 0.2) is 79.3 Å². The zero-order chi connectivity index (χ0) is 31.6. The van der Waals surface area contributed by atoms with E-state index in [1.807, 2.05) is 58.0 Å². The van der Waals surface area contributed by atoms with Crippen molar-refractivity contribution in [3.05, 3.63) is 112 Å². The second-order valence-corrected chi connectivity index (χ2v) is 11.8. The van der Waals surface area contributed by atoms with E-state index in [9.17, 15) is 4.79 Å². The lowest BCUT2D eigenvalue weighted by Crippen LogP contribution is -2.49. The summed E-state index contributed by atoms with van der Waals surface area (Å²) in [7, 11) is 1.62. The van der Waals surface area contributed by atoms with Gasteiger partial charge in [0.05, 0.1) is 41.5 Å². The molecule has 11 heteroatoms. The van der Waals surface area contributed by atoms with Gasteiger partial charge in [0.2, 0.25) is 5.91 Å². The molecule has 4 aromatic rings. The number of hydrogen-bond donors (Lipinski definition) is 2. The van der Waals surface area contributed by atoms with Crippen LogP contribution in [0.4, 0.5) is 5.69 Å². The number of ether oxygens (including phenoxy) is 1. The number of thiocarbonyl (C=S) groups is 1. The molecule has 4 rings (SSSR count). The first-order valence-corrected chi connectivity index (χ1v) is 15.2. The molecule has 0 saturated carbocycles. The van der Waals surface area contributed by atoms with Crippen LogP contribution in [0.2, 0.25) is 10.0 Å². The smallest absolute Gasteiger partial charge is 0.226 e. The number of nitrogens with zero attached hydrogens (tertiary/aromatic N) is 4.